The highest BCUT2D eigenvalue weighted by Crippen LogP contribution is 2.33. The van der Waals surface area contributed by atoms with Gasteiger partial charge in [-0.15, -0.1) is 0 Å². The fraction of sp³-hybridized carbons (Fsp3) is 0.630. The van der Waals surface area contributed by atoms with Gasteiger partial charge in [0.1, 0.15) is 0 Å². The second kappa shape index (κ2) is 12.1. The van der Waals surface area contributed by atoms with Crippen molar-refractivity contribution >= 4 is 0 Å². The zero-order valence-electron chi connectivity index (χ0n) is 18.7. The maximum atomic E-state index is 4.53. The molecule has 0 N–H and O–H groups in total. The highest BCUT2D eigenvalue weighted by Gasteiger charge is 2.20. The summed E-state index contributed by atoms with van der Waals surface area (Å²) in [4.78, 5) is 0. The van der Waals surface area contributed by atoms with Gasteiger partial charge in [-0.25, -0.2) is 0 Å². The first kappa shape index (κ1) is 22.0. The summed E-state index contributed by atoms with van der Waals surface area (Å²) in [6.07, 6.45) is 17.3. The number of aryl methyl sites for hydroxylation is 2. The molecule has 0 unspecified atom stereocenters. The van der Waals surface area contributed by atoms with E-state index in [0.717, 1.165) is 29.6 Å². The zero-order valence-corrected chi connectivity index (χ0v) is 18.7. The first-order chi connectivity index (χ1) is 14.3. The Hall–Kier alpha value is -1.70. The van der Waals surface area contributed by atoms with Crippen LogP contribution < -0.4 is 0 Å². The van der Waals surface area contributed by atoms with Gasteiger partial charge in [-0.05, 0) is 55.2 Å². The molecule has 0 spiro atoms. The molecule has 0 radical (unpaired) electrons. The largest absolute Gasteiger partial charge is 0.155 e. The fourth-order valence-electron chi connectivity index (χ4n) is 4.81. The summed E-state index contributed by atoms with van der Waals surface area (Å²) in [7, 11) is 0. The normalized spacial score (nSPS) is 19.4. The molecule has 2 aromatic rings. The topological polar surface area (TPSA) is 25.8 Å². The lowest BCUT2D eigenvalue weighted by Gasteiger charge is -2.28. The molecule has 2 heteroatoms. The molecule has 1 saturated carbocycles. The quantitative estimate of drug-likeness (QED) is 0.364. The average Bonchev–Trinajstić information content (AvgIpc) is 2.77. The number of hydrogen-bond acceptors (Lipinski definition) is 2. The van der Waals surface area contributed by atoms with Crippen molar-refractivity contribution in [2.45, 2.75) is 97.3 Å². The molecule has 1 aromatic heterocycles. The van der Waals surface area contributed by atoms with E-state index in [1.807, 2.05) is 0 Å². The number of aromatic nitrogens is 2. The van der Waals surface area contributed by atoms with Crippen LogP contribution in [-0.2, 0) is 12.8 Å². The van der Waals surface area contributed by atoms with Crippen LogP contribution in [0.15, 0.2) is 36.4 Å². The Morgan fingerprint density at radius 3 is 2.03 bits per heavy atom. The molecule has 1 aliphatic carbocycles. The van der Waals surface area contributed by atoms with E-state index < -0.39 is 0 Å². The number of hydrogen-bond donors (Lipinski definition) is 0. The highest BCUT2D eigenvalue weighted by atomic mass is 15.1. The van der Waals surface area contributed by atoms with Crippen molar-refractivity contribution < 1.29 is 0 Å². The van der Waals surface area contributed by atoms with Crippen molar-refractivity contribution in [3.63, 3.8) is 0 Å². The number of benzene rings is 1. The monoisotopic (exact) mass is 392 g/mol. The number of nitrogens with zero attached hydrogens (tertiary/aromatic N) is 2. The van der Waals surface area contributed by atoms with Gasteiger partial charge in [0, 0.05) is 5.56 Å². The lowest BCUT2D eigenvalue weighted by Crippen LogP contribution is -2.15. The predicted molar refractivity (Wildman–Crippen MR) is 124 cm³/mol. The Balaban J connectivity index is 1.44. The van der Waals surface area contributed by atoms with Gasteiger partial charge in [-0.1, -0.05) is 95.9 Å². The lowest BCUT2D eigenvalue weighted by atomic mass is 9.78. The van der Waals surface area contributed by atoms with Crippen molar-refractivity contribution in [2.75, 3.05) is 0 Å². The van der Waals surface area contributed by atoms with Crippen molar-refractivity contribution in [1.82, 2.24) is 10.2 Å². The first-order valence-corrected chi connectivity index (χ1v) is 12.2. The third-order valence-electron chi connectivity index (χ3n) is 6.76. The van der Waals surface area contributed by atoms with Gasteiger partial charge < -0.3 is 0 Å². The standard InChI is InChI=1S/C27H40N2/c1-3-5-6-7-9-23-14-17-25(18-15-23)27-21-20-26(28-29-27)19-16-24-12-10-22(8-4-2)11-13-24/h14-15,17-18,20-22,24H,3-13,16,19H2,1-2H3. The third-order valence-corrected chi connectivity index (χ3v) is 6.76. The fourth-order valence-corrected chi connectivity index (χ4v) is 4.81. The Labute approximate surface area is 178 Å². The lowest BCUT2D eigenvalue weighted by molar-refractivity contribution is 0.252. The molecule has 1 aromatic carbocycles. The molecule has 29 heavy (non-hydrogen) atoms. The van der Waals surface area contributed by atoms with Crippen LogP contribution in [0.4, 0.5) is 0 Å². The summed E-state index contributed by atoms with van der Waals surface area (Å²) in [6.45, 7) is 4.58. The van der Waals surface area contributed by atoms with Crippen LogP contribution in [0.5, 0.6) is 0 Å². The molecule has 0 saturated heterocycles. The van der Waals surface area contributed by atoms with Crippen LogP contribution in [0.3, 0.4) is 0 Å². The predicted octanol–water partition coefficient (Wildman–Crippen LogP) is 7.81. The highest BCUT2D eigenvalue weighted by molar-refractivity contribution is 5.58. The molecule has 0 bridgehead atoms. The van der Waals surface area contributed by atoms with Crippen LogP contribution >= 0.6 is 0 Å². The molecule has 0 atom stereocenters. The van der Waals surface area contributed by atoms with E-state index in [1.165, 1.54) is 88.2 Å². The van der Waals surface area contributed by atoms with Crippen LogP contribution in [0.25, 0.3) is 11.3 Å². The summed E-state index contributed by atoms with van der Waals surface area (Å²) in [6, 6.07) is 13.2. The summed E-state index contributed by atoms with van der Waals surface area (Å²) in [5, 5.41) is 9.04. The SMILES string of the molecule is CCCCCCc1ccc(-c2ccc(CCC3CCC(CCC)CC3)nn2)cc1. The van der Waals surface area contributed by atoms with E-state index in [1.54, 1.807) is 0 Å². The summed E-state index contributed by atoms with van der Waals surface area (Å²) in [5.74, 6) is 1.90. The zero-order chi connectivity index (χ0) is 20.3. The first-order valence-electron chi connectivity index (χ1n) is 12.2. The summed E-state index contributed by atoms with van der Waals surface area (Å²) >= 11 is 0. The summed E-state index contributed by atoms with van der Waals surface area (Å²) in [5.41, 5.74) is 4.75. The van der Waals surface area contributed by atoms with Gasteiger partial charge >= 0.3 is 0 Å². The maximum Gasteiger partial charge on any atom is 0.0929 e. The van der Waals surface area contributed by atoms with Crippen LogP contribution in [0.2, 0.25) is 0 Å². The average molecular weight is 393 g/mol. The van der Waals surface area contributed by atoms with E-state index in [4.69, 9.17) is 0 Å². The second-order valence-electron chi connectivity index (χ2n) is 9.13. The van der Waals surface area contributed by atoms with E-state index in [2.05, 4.69) is 60.4 Å². The van der Waals surface area contributed by atoms with Gasteiger partial charge in [-0.2, -0.15) is 10.2 Å². The Morgan fingerprint density at radius 1 is 0.690 bits per heavy atom. The molecular formula is C27H40N2. The molecule has 1 heterocycles. The van der Waals surface area contributed by atoms with Crippen LogP contribution in [0.1, 0.15) is 95.7 Å². The van der Waals surface area contributed by atoms with E-state index in [0.29, 0.717) is 0 Å². The second-order valence-corrected chi connectivity index (χ2v) is 9.13. The third kappa shape index (κ3) is 7.24. The molecule has 1 fully saturated rings. The van der Waals surface area contributed by atoms with Gasteiger partial charge in [0.05, 0.1) is 11.4 Å². The van der Waals surface area contributed by atoms with Crippen LogP contribution in [0, 0.1) is 11.8 Å². The van der Waals surface area contributed by atoms with Gasteiger partial charge in [-0.3, -0.25) is 0 Å². The van der Waals surface area contributed by atoms with Crippen molar-refractivity contribution in [2.24, 2.45) is 11.8 Å². The smallest absolute Gasteiger partial charge is 0.0929 e. The van der Waals surface area contributed by atoms with E-state index in [9.17, 15) is 0 Å². The van der Waals surface area contributed by atoms with Crippen molar-refractivity contribution in [3.05, 3.63) is 47.7 Å². The molecule has 158 valence electrons. The van der Waals surface area contributed by atoms with Gasteiger partial charge in [0.2, 0.25) is 0 Å². The number of rotatable bonds is 11. The molecule has 0 aliphatic heterocycles. The van der Waals surface area contributed by atoms with Gasteiger partial charge in [0.25, 0.3) is 0 Å². The molecule has 0 amide bonds. The minimum atomic E-state index is 0.898. The minimum absolute atomic E-state index is 0.898. The Morgan fingerprint density at radius 2 is 1.41 bits per heavy atom. The number of unbranched alkanes of at least 4 members (excludes halogenated alkanes) is 3. The Kier molecular flexibility index (Phi) is 9.18. The maximum absolute atomic E-state index is 4.53. The van der Waals surface area contributed by atoms with E-state index in [-0.39, 0.29) is 0 Å². The summed E-state index contributed by atoms with van der Waals surface area (Å²) < 4.78 is 0. The minimum Gasteiger partial charge on any atom is -0.155 e. The van der Waals surface area contributed by atoms with Crippen molar-refractivity contribution in [1.29, 1.82) is 0 Å². The van der Waals surface area contributed by atoms with Gasteiger partial charge in [0.15, 0.2) is 0 Å². The Bertz CT molecular complexity index is 681. The van der Waals surface area contributed by atoms with Crippen LogP contribution in [-0.4, -0.2) is 10.2 Å². The molecular weight excluding hydrogens is 352 g/mol. The van der Waals surface area contributed by atoms with E-state index >= 15 is 0 Å². The molecule has 3 rings (SSSR count). The van der Waals surface area contributed by atoms with Crippen molar-refractivity contribution in [3.8, 4) is 11.3 Å². The molecule has 2 nitrogen and oxygen atoms in total. The molecule has 1 aliphatic rings.